The molecule has 2 unspecified atom stereocenters. The molecule has 1 aromatic carbocycles. The summed E-state index contributed by atoms with van der Waals surface area (Å²) < 4.78 is 11.4. The lowest BCUT2D eigenvalue weighted by atomic mass is 9.68. The molecule has 1 saturated carbocycles. The Morgan fingerprint density at radius 1 is 1.00 bits per heavy atom. The Hall–Kier alpha value is -1.38. The second-order valence-corrected chi connectivity index (χ2v) is 6.01. The van der Waals surface area contributed by atoms with Crippen molar-refractivity contribution in [2.45, 2.75) is 44.4 Å². The van der Waals surface area contributed by atoms with E-state index < -0.39 is 0 Å². The lowest BCUT2D eigenvalue weighted by Crippen LogP contribution is -2.26. The van der Waals surface area contributed by atoms with E-state index in [4.69, 9.17) is 9.47 Å². The van der Waals surface area contributed by atoms with Gasteiger partial charge in [0.1, 0.15) is 13.2 Å². The van der Waals surface area contributed by atoms with E-state index in [0.29, 0.717) is 24.9 Å². The molecule has 3 aliphatic rings. The smallest absolute Gasteiger partial charge is 0.203 e. The maximum atomic E-state index is 10.2. The first-order valence-electron chi connectivity index (χ1n) is 7.49. The van der Waals surface area contributed by atoms with E-state index in [1.54, 1.807) is 0 Å². The van der Waals surface area contributed by atoms with Crippen molar-refractivity contribution < 1.29 is 14.6 Å². The number of fused-ring (bicyclic) bond motifs is 5. The first-order valence-corrected chi connectivity index (χ1v) is 7.49. The van der Waals surface area contributed by atoms with Crippen molar-refractivity contribution >= 4 is 0 Å². The summed E-state index contributed by atoms with van der Waals surface area (Å²) >= 11 is 0. The predicted octanol–water partition coefficient (Wildman–Crippen LogP) is 3.38. The summed E-state index contributed by atoms with van der Waals surface area (Å²) in [7, 11) is 0. The number of phenols is 1. The molecule has 0 bridgehead atoms. The van der Waals surface area contributed by atoms with Crippen molar-refractivity contribution in [2.24, 2.45) is 5.92 Å². The monoisotopic (exact) mass is 260 g/mol. The Morgan fingerprint density at radius 2 is 1.79 bits per heavy atom. The fourth-order valence-electron chi connectivity index (χ4n) is 4.15. The molecule has 0 amide bonds. The van der Waals surface area contributed by atoms with Gasteiger partial charge in [-0.05, 0) is 49.1 Å². The van der Waals surface area contributed by atoms with E-state index in [1.807, 2.05) is 6.07 Å². The average Bonchev–Trinajstić information content (AvgIpc) is 2.47. The fraction of sp³-hybridized carbons (Fsp3) is 0.625. The molecule has 1 N–H and O–H groups in total. The van der Waals surface area contributed by atoms with Gasteiger partial charge in [0.2, 0.25) is 5.75 Å². The van der Waals surface area contributed by atoms with Crippen LogP contribution in [0.15, 0.2) is 6.07 Å². The van der Waals surface area contributed by atoms with E-state index in [0.717, 1.165) is 18.1 Å². The highest BCUT2D eigenvalue weighted by Crippen LogP contribution is 2.52. The summed E-state index contributed by atoms with van der Waals surface area (Å²) in [6.07, 6.45) is 7.62. The summed E-state index contributed by atoms with van der Waals surface area (Å²) in [5.41, 5.74) is 2.63. The van der Waals surface area contributed by atoms with Crippen molar-refractivity contribution in [3.05, 3.63) is 17.2 Å². The predicted molar refractivity (Wildman–Crippen MR) is 72.1 cm³/mol. The van der Waals surface area contributed by atoms with E-state index in [9.17, 15) is 5.11 Å². The molecule has 0 saturated heterocycles. The SMILES string of the molecule is Oc1cc2c(c3c1OCCO3)CCC1CCCCC21. The largest absolute Gasteiger partial charge is 0.504 e. The van der Waals surface area contributed by atoms with Gasteiger partial charge < -0.3 is 14.6 Å². The van der Waals surface area contributed by atoms with Crippen LogP contribution in [0, 0.1) is 5.92 Å². The summed E-state index contributed by atoms with van der Waals surface area (Å²) in [5.74, 6) is 3.09. The van der Waals surface area contributed by atoms with Crippen LogP contribution in [0.5, 0.6) is 17.2 Å². The standard InChI is InChI=1S/C16H20O3/c17-14-9-13-11-4-2-1-3-10(11)5-6-12(13)15-16(14)19-8-7-18-15/h9-11,17H,1-8H2. The molecule has 1 aliphatic heterocycles. The Morgan fingerprint density at radius 3 is 2.68 bits per heavy atom. The number of phenolic OH excluding ortho intramolecular Hbond substituents is 1. The molecule has 1 fully saturated rings. The molecule has 2 atom stereocenters. The number of hydrogen-bond acceptors (Lipinski definition) is 3. The molecule has 102 valence electrons. The minimum Gasteiger partial charge on any atom is -0.504 e. The Balaban J connectivity index is 1.84. The van der Waals surface area contributed by atoms with Crippen LogP contribution in [0.1, 0.15) is 49.1 Å². The Labute approximate surface area is 113 Å². The van der Waals surface area contributed by atoms with Gasteiger partial charge >= 0.3 is 0 Å². The van der Waals surface area contributed by atoms with E-state index >= 15 is 0 Å². The van der Waals surface area contributed by atoms with Crippen LogP contribution in [0.3, 0.4) is 0 Å². The Kier molecular flexibility index (Phi) is 2.61. The van der Waals surface area contributed by atoms with E-state index in [-0.39, 0.29) is 5.75 Å². The molecule has 1 aromatic rings. The van der Waals surface area contributed by atoms with Crippen LogP contribution in [-0.2, 0) is 6.42 Å². The molecule has 3 nitrogen and oxygen atoms in total. The third-order valence-corrected chi connectivity index (χ3v) is 5.00. The van der Waals surface area contributed by atoms with Crippen LogP contribution >= 0.6 is 0 Å². The molecule has 2 aliphatic carbocycles. The van der Waals surface area contributed by atoms with Crippen LogP contribution in [0.2, 0.25) is 0 Å². The fourth-order valence-corrected chi connectivity index (χ4v) is 4.15. The first-order chi connectivity index (χ1) is 9.34. The molecule has 3 heteroatoms. The highest BCUT2D eigenvalue weighted by atomic mass is 16.6. The van der Waals surface area contributed by atoms with Gasteiger partial charge in [0, 0.05) is 5.56 Å². The van der Waals surface area contributed by atoms with E-state index in [2.05, 4.69) is 0 Å². The minimum atomic E-state index is 0.264. The minimum absolute atomic E-state index is 0.264. The summed E-state index contributed by atoms with van der Waals surface area (Å²) in [4.78, 5) is 0. The summed E-state index contributed by atoms with van der Waals surface area (Å²) in [5, 5.41) is 10.2. The first kappa shape index (κ1) is 11.4. The molecule has 19 heavy (non-hydrogen) atoms. The van der Waals surface area contributed by atoms with Gasteiger partial charge in [-0.25, -0.2) is 0 Å². The van der Waals surface area contributed by atoms with Gasteiger partial charge in [-0.15, -0.1) is 0 Å². The molecule has 1 heterocycles. The van der Waals surface area contributed by atoms with Gasteiger partial charge in [0.05, 0.1) is 0 Å². The maximum Gasteiger partial charge on any atom is 0.203 e. The average molecular weight is 260 g/mol. The second kappa shape index (κ2) is 4.32. The highest BCUT2D eigenvalue weighted by molar-refractivity contribution is 5.60. The van der Waals surface area contributed by atoms with Crippen molar-refractivity contribution in [2.75, 3.05) is 13.2 Å². The topological polar surface area (TPSA) is 38.7 Å². The molecule has 0 radical (unpaired) electrons. The zero-order valence-corrected chi connectivity index (χ0v) is 11.2. The van der Waals surface area contributed by atoms with Crippen LogP contribution < -0.4 is 9.47 Å². The zero-order valence-electron chi connectivity index (χ0n) is 11.2. The number of hydrogen-bond donors (Lipinski definition) is 1. The molecular weight excluding hydrogens is 240 g/mol. The van der Waals surface area contributed by atoms with Crippen molar-refractivity contribution in [3.63, 3.8) is 0 Å². The summed E-state index contributed by atoms with van der Waals surface area (Å²) in [6, 6.07) is 1.95. The van der Waals surface area contributed by atoms with E-state index in [1.165, 1.54) is 43.2 Å². The van der Waals surface area contributed by atoms with Crippen molar-refractivity contribution in [3.8, 4) is 17.2 Å². The quantitative estimate of drug-likeness (QED) is 0.777. The molecular formula is C16H20O3. The van der Waals surface area contributed by atoms with Crippen LogP contribution in [-0.4, -0.2) is 18.3 Å². The third-order valence-electron chi connectivity index (χ3n) is 5.00. The Bertz CT molecular complexity index is 509. The van der Waals surface area contributed by atoms with Gasteiger partial charge in [0.25, 0.3) is 0 Å². The lowest BCUT2D eigenvalue weighted by molar-refractivity contribution is 0.161. The number of aromatic hydroxyl groups is 1. The number of ether oxygens (including phenoxy) is 2. The van der Waals surface area contributed by atoms with Crippen molar-refractivity contribution in [1.29, 1.82) is 0 Å². The normalized spacial score (nSPS) is 28.4. The molecule has 0 aromatic heterocycles. The molecule has 4 rings (SSSR count). The maximum absolute atomic E-state index is 10.2. The van der Waals surface area contributed by atoms with Crippen LogP contribution in [0.4, 0.5) is 0 Å². The molecule has 0 spiro atoms. The summed E-state index contributed by atoms with van der Waals surface area (Å²) in [6.45, 7) is 1.13. The lowest BCUT2D eigenvalue weighted by Gasteiger charge is -2.38. The van der Waals surface area contributed by atoms with Gasteiger partial charge in [-0.3, -0.25) is 0 Å². The second-order valence-electron chi connectivity index (χ2n) is 6.01. The van der Waals surface area contributed by atoms with Gasteiger partial charge in [0.15, 0.2) is 11.5 Å². The number of rotatable bonds is 0. The van der Waals surface area contributed by atoms with Crippen LogP contribution in [0.25, 0.3) is 0 Å². The zero-order chi connectivity index (χ0) is 12.8. The highest BCUT2D eigenvalue weighted by Gasteiger charge is 2.35. The van der Waals surface area contributed by atoms with Crippen molar-refractivity contribution in [1.82, 2.24) is 0 Å². The van der Waals surface area contributed by atoms with Gasteiger partial charge in [-0.1, -0.05) is 12.8 Å². The van der Waals surface area contributed by atoms with Gasteiger partial charge in [-0.2, -0.15) is 0 Å². The number of benzene rings is 1. The third kappa shape index (κ3) is 1.71.